The summed E-state index contributed by atoms with van der Waals surface area (Å²) in [5.41, 5.74) is 1.33. The standard InChI is InChI=1S/C16H22N6O2/c1-11-14(15(20(3)18-11)22-6-4-5-17-22)16(23)21-9-12-13(10-21)24-8-7-19(12)2/h4-6,12-13H,7-10H2,1-3H3/t12-,13+/m0/s1. The topological polar surface area (TPSA) is 68.4 Å². The van der Waals surface area contributed by atoms with Crippen molar-refractivity contribution in [1.29, 1.82) is 0 Å². The molecular formula is C16H22N6O2. The fraction of sp³-hybridized carbons (Fsp3) is 0.562. The van der Waals surface area contributed by atoms with Crippen LogP contribution in [0, 0.1) is 6.92 Å². The van der Waals surface area contributed by atoms with Crippen LogP contribution in [-0.4, -0.2) is 80.7 Å². The van der Waals surface area contributed by atoms with E-state index in [1.807, 2.05) is 31.1 Å². The highest BCUT2D eigenvalue weighted by atomic mass is 16.5. The Morgan fingerprint density at radius 2 is 2.17 bits per heavy atom. The predicted octanol–water partition coefficient (Wildman–Crippen LogP) is 0.0692. The van der Waals surface area contributed by atoms with E-state index in [0.29, 0.717) is 24.5 Å². The Labute approximate surface area is 140 Å². The van der Waals surface area contributed by atoms with Gasteiger partial charge in [-0.05, 0) is 20.0 Å². The molecule has 2 aromatic rings. The molecule has 0 saturated carbocycles. The van der Waals surface area contributed by atoms with E-state index in [4.69, 9.17) is 4.74 Å². The summed E-state index contributed by atoms with van der Waals surface area (Å²) in [6.45, 7) is 4.82. The van der Waals surface area contributed by atoms with Crippen LogP contribution in [0.5, 0.6) is 0 Å². The predicted molar refractivity (Wildman–Crippen MR) is 87.1 cm³/mol. The normalized spacial score (nSPS) is 24.4. The Morgan fingerprint density at radius 1 is 1.33 bits per heavy atom. The van der Waals surface area contributed by atoms with Gasteiger partial charge in [-0.25, -0.2) is 9.36 Å². The molecule has 0 N–H and O–H groups in total. The summed E-state index contributed by atoms with van der Waals surface area (Å²) in [5, 5.41) is 8.70. The lowest BCUT2D eigenvalue weighted by atomic mass is 10.1. The molecule has 8 heteroatoms. The van der Waals surface area contributed by atoms with Gasteiger partial charge in [-0.2, -0.15) is 10.2 Å². The molecule has 1 amide bonds. The summed E-state index contributed by atoms with van der Waals surface area (Å²) in [7, 11) is 3.93. The zero-order valence-electron chi connectivity index (χ0n) is 14.2. The average molecular weight is 330 g/mol. The molecular weight excluding hydrogens is 308 g/mol. The van der Waals surface area contributed by atoms with Gasteiger partial charge in [0.1, 0.15) is 5.56 Å². The third-order valence-electron chi connectivity index (χ3n) is 4.99. The quantitative estimate of drug-likeness (QED) is 0.779. The molecule has 0 unspecified atom stereocenters. The van der Waals surface area contributed by atoms with Gasteiger partial charge in [0.25, 0.3) is 5.91 Å². The van der Waals surface area contributed by atoms with Crippen molar-refractivity contribution in [2.24, 2.45) is 7.05 Å². The van der Waals surface area contributed by atoms with Crippen LogP contribution in [-0.2, 0) is 11.8 Å². The summed E-state index contributed by atoms with van der Waals surface area (Å²) < 4.78 is 9.26. The second kappa shape index (κ2) is 5.71. The maximum Gasteiger partial charge on any atom is 0.259 e. The third-order valence-corrected chi connectivity index (χ3v) is 4.99. The van der Waals surface area contributed by atoms with E-state index in [0.717, 1.165) is 18.8 Å². The summed E-state index contributed by atoms with van der Waals surface area (Å²) in [4.78, 5) is 17.4. The van der Waals surface area contributed by atoms with Gasteiger partial charge < -0.3 is 9.64 Å². The molecule has 4 heterocycles. The number of carbonyl (C=O) groups excluding carboxylic acids is 1. The molecule has 8 nitrogen and oxygen atoms in total. The van der Waals surface area contributed by atoms with Gasteiger partial charge >= 0.3 is 0 Å². The maximum atomic E-state index is 13.2. The molecule has 2 aliphatic rings. The number of rotatable bonds is 2. The van der Waals surface area contributed by atoms with E-state index in [1.165, 1.54) is 0 Å². The molecule has 0 radical (unpaired) electrons. The van der Waals surface area contributed by atoms with Crippen LogP contribution in [0.15, 0.2) is 18.5 Å². The molecule has 0 aliphatic carbocycles. The van der Waals surface area contributed by atoms with E-state index in [9.17, 15) is 4.79 Å². The van der Waals surface area contributed by atoms with Crippen molar-refractivity contribution in [1.82, 2.24) is 29.4 Å². The largest absolute Gasteiger partial charge is 0.373 e. The number of carbonyl (C=O) groups is 1. The Bertz CT molecular complexity index is 753. The number of aryl methyl sites for hydroxylation is 2. The van der Waals surface area contributed by atoms with Crippen molar-refractivity contribution in [2.75, 3.05) is 33.3 Å². The smallest absolute Gasteiger partial charge is 0.259 e. The minimum absolute atomic E-state index is 0.00231. The molecule has 4 rings (SSSR count). The van der Waals surface area contributed by atoms with Crippen LogP contribution < -0.4 is 0 Å². The lowest BCUT2D eigenvalue weighted by molar-refractivity contribution is -0.0368. The van der Waals surface area contributed by atoms with Crippen molar-refractivity contribution in [3.05, 3.63) is 29.7 Å². The molecule has 24 heavy (non-hydrogen) atoms. The average Bonchev–Trinajstić information content (AvgIpc) is 3.25. The molecule has 2 saturated heterocycles. The summed E-state index contributed by atoms with van der Waals surface area (Å²) >= 11 is 0. The highest BCUT2D eigenvalue weighted by Crippen LogP contribution is 2.26. The molecule has 2 aromatic heterocycles. The van der Waals surface area contributed by atoms with Gasteiger partial charge in [-0.3, -0.25) is 9.69 Å². The van der Waals surface area contributed by atoms with E-state index in [2.05, 4.69) is 22.1 Å². The number of fused-ring (bicyclic) bond motifs is 1. The van der Waals surface area contributed by atoms with Crippen LogP contribution in [0.4, 0.5) is 0 Å². The van der Waals surface area contributed by atoms with Gasteiger partial charge in [0.05, 0.1) is 24.4 Å². The first kappa shape index (κ1) is 15.3. The lowest BCUT2D eigenvalue weighted by Crippen LogP contribution is -2.48. The monoisotopic (exact) mass is 330 g/mol. The summed E-state index contributed by atoms with van der Waals surface area (Å²) in [6, 6.07) is 2.11. The minimum Gasteiger partial charge on any atom is -0.373 e. The van der Waals surface area contributed by atoms with Gasteiger partial charge in [-0.15, -0.1) is 0 Å². The molecule has 2 fully saturated rings. The first-order valence-electron chi connectivity index (χ1n) is 8.21. The van der Waals surface area contributed by atoms with Crippen LogP contribution in [0.1, 0.15) is 16.1 Å². The SMILES string of the molecule is Cc1nn(C)c(-n2cccn2)c1C(=O)N1C[C@H]2OCCN(C)[C@H]2C1. The summed E-state index contributed by atoms with van der Waals surface area (Å²) in [6.07, 6.45) is 3.62. The first-order chi connectivity index (χ1) is 11.6. The fourth-order valence-electron chi connectivity index (χ4n) is 3.73. The second-order valence-corrected chi connectivity index (χ2v) is 6.53. The highest BCUT2D eigenvalue weighted by Gasteiger charge is 2.41. The molecule has 0 bridgehead atoms. The van der Waals surface area contributed by atoms with E-state index in [-0.39, 0.29) is 18.1 Å². The Hall–Kier alpha value is -2.19. The zero-order valence-corrected chi connectivity index (χ0v) is 14.2. The van der Waals surface area contributed by atoms with Crippen molar-refractivity contribution >= 4 is 5.91 Å². The Balaban J connectivity index is 1.66. The zero-order chi connectivity index (χ0) is 16.8. The lowest BCUT2D eigenvalue weighted by Gasteiger charge is -2.33. The number of ether oxygens (including phenoxy) is 1. The van der Waals surface area contributed by atoms with E-state index < -0.39 is 0 Å². The van der Waals surface area contributed by atoms with Crippen LogP contribution in [0.2, 0.25) is 0 Å². The summed E-state index contributed by atoms with van der Waals surface area (Å²) in [5.74, 6) is 0.698. The Kier molecular flexibility index (Phi) is 3.65. The molecule has 2 atom stereocenters. The number of morpholine rings is 1. The highest BCUT2D eigenvalue weighted by molar-refractivity contribution is 5.98. The van der Waals surface area contributed by atoms with E-state index >= 15 is 0 Å². The number of hydrogen-bond acceptors (Lipinski definition) is 5. The number of amides is 1. The molecule has 2 aliphatic heterocycles. The van der Waals surface area contributed by atoms with Crippen molar-refractivity contribution in [2.45, 2.75) is 19.1 Å². The van der Waals surface area contributed by atoms with Gasteiger partial charge in [-0.1, -0.05) is 0 Å². The Morgan fingerprint density at radius 3 is 2.88 bits per heavy atom. The number of likely N-dealkylation sites (tertiary alicyclic amines) is 1. The van der Waals surface area contributed by atoms with Crippen molar-refractivity contribution in [3.63, 3.8) is 0 Å². The molecule has 128 valence electrons. The van der Waals surface area contributed by atoms with E-state index in [1.54, 1.807) is 15.6 Å². The number of nitrogens with zero attached hydrogens (tertiary/aromatic N) is 6. The van der Waals surface area contributed by atoms with Crippen LogP contribution >= 0.6 is 0 Å². The maximum absolute atomic E-state index is 13.2. The van der Waals surface area contributed by atoms with Gasteiger partial charge in [0, 0.05) is 39.1 Å². The van der Waals surface area contributed by atoms with Crippen molar-refractivity contribution < 1.29 is 9.53 Å². The van der Waals surface area contributed by atoms with Crippen molar-refractivity contribution in [3.8, 4) is 5.82 Å². The second-order valence-electron chi connectivity index (χ2n) is 6.53. The number of aromatic nitrogens is 4. The number of hydrogen-bond donors (Lipinski definition) is 0. The number of likely N-dealkylation sites (N-methyl/N-ethyl adjacent to an activating group) is 1. The van der Waals surface area contributed by atoms with Crippen LogP contribution in [0.3, 0.4) is 0 Å². The van der Waals surface area contributed by atoms with Gasteiger partial charge in [0.15, 0.2) is 5.82 Å². The first-order valence-corrected chi connectivity index (χ1v) is 8.21. The minimum atomic E-state index is -0.00231. The fourth-order valence-corrected chi connectivity index (χ4v) is 3.73. The molecule has 0 aromatic carbocycles. The van der Waals surface area contributed by atoms with Crippen LogP contribution in [0.25, 0.3) is 5.82 Å². The third kappa shape index (κ3) is 2.33. The van der Waals surface area contributed by atoms with Gasteiger partial charge in [0.2, 0.25) is 0 Å². The molecule has 0 spiro atoms.